The molecule has 0 heterocycles. The van der Waals surface area contributed by atoms with Crippen LogP contribution in [0.3, 0.4) is 0 Å². The van der Waals surface area contributed by atoms with Gasteiger partial charge < -0.3 is 10.5 Å². The van der Waals surface area contributed by atoms with Gasteiger partial charge in [0, 0.05) is 5.69 Å². The lowest BCUT2D eigenvalue weighted by Crippen LogP contribution is -2.34. The lowest BCUT2D eigenvalue weighted by molar-refractivity contribution is -0.127. The zero-order chi connectivity index (χ0) is 17.7. The molecule has 126 valence electrons. The van der Waals surface area contributed by atoms with E-state index in [0.29, 0.717) is 17.1 Å². The van der Waals surface area contributed by atoms with Gasteiger partial charge in [-0.15, -0.1) is 0 Å². The molecule has 0 aliphatic heterocycles. The Morgan fingerprint density at radius 1 is 1.17 bits per heavy atom. The van der Waals surface area contributed by atoms with Gasteiger partial charge in [0.15, 0.2) is 6.10 Å². The Bertz CT molecular complexity index is 769. The van der Waals surface area contributed by atoms with Crippen molar-refractivity contribution in [3.8, 4) is 5.75 Å². The lowest BCUT2D eigenvalue weighted by atomic mass is 10.1. The van der Waals surface area contributed by atoms with Crippen LogP contribution in [-0.4, -0.2) is 17.7 Å². The fraction of sp³-hybridized carbons (Fsp3) is 0.263. The summed E-state index contributed by atoms with van der Waals surface area (Å²) in [4.78, 5) is 12.1. The molecule has 2 rings (SSSR count). The van der Waals surface area contributed by atoms with Crippen LogP contribution in [0.15, 0.2) is 47.6 Å². The van der Waals surface area contributed by atoms with Crippen molar-refractivity contribution in [1.29, 1.82) is 0 Å². The van der Waals surface area contributed by atoms with Crippen molar-refractivity contribution in [2.24, 2.45) is 5.10 Å². The number of nitrogens with zero attached hydrogens (tertiary/aromatic N) is 1. The molecular weight excluding hydrogens is 302 g/mol. The van der Waals surface area contributed by atoms with Gasteiger partial charge in [0.25, 0.3) is 5.91 Å². The Morgan fingerprint density at radius 3 is 2.58 bits per heavy atom. The molecule has 1 amide bonds. The number of nitrogens with one attached hydrogen (secondary N) is 1. The Kier molecular flexibility index (Phi) is 5.58. The molecule has 0 spiro atoms. The number of nitrogens with two attached hydrogens (primary N) is 1. The second kappa shape index (κ2) is 7.64. The molecule has 0 bridgehead atoms. The normalized spacial score (nSPS) is 12.6. The third-order valence-corrected chi connectivity index (χ3v) is 3.80. The molecule has 2 aromatic rings. The number of rotatable bonds is 5. The van der Waals surface area contributed by atoms with E-state index in [1.165, 1.54) is 5.56 Å². The van der Waals surface area contributed by atoms with Crippen LogP contribution in [0.1, 0.15) is 30.5 Å². The molecule has 0 aliphatic rings. The molecule has 5 nitrogen and oxygen atoms in total. The maximum atomic E-state index is 12.1. The highest BCUT2D eigenvalue weighted by molar-refractivity contribution is 6.00. The number of anilines is 1. The summed E-state index contributed by atoms with van der Waals surface area (Å²) in [6.45, 7) is 7.54. The van der Waals surface area contributed by atoms with E-state index < -0.39 is 6.10 Å². The van der Waals surface area contributed by atoms with Gasteiger partial charge in [-0.1, -0.05) is 18.2 Å². The van der Waals surface area contributed by atoms with Gasteiger partial charge in [-0.2, -0.15) is 5.10 Å². The minimum absolute atomic E-state index is 0.309. The van der Waals surface area contributed by atoms with Crippen LogP contribution in [0.25, 0.3) is 0 Å². The molecule has 5 heteroatoms. The van der Waals surface area contributed by atoms with Crippen LogP contribution >= 0.6 is 0 Å². The van der Waals surface area contributed by atoms with E-state index in [9.17, 15) is 4.79 Å². The SMILES string of the molecule is C/C(=N\NC(=O)C(C)Oc1ccc(C)c(C)c1)c1cccc(N)c1. The number of hydrogen-bond donors (Lipinski definition) is 2. The molecule has 0 saturated heterocycles. The topological polar surface area (TPSA) is 76.7 Å². The summed E-state index contributed by atoms with van der Waals surface area (Å²) in [5.74, 6) is 0.355. The van der Waals surface area contributed by atoms with Gasteiger partial charge in [0.1, 0.15) is 5.75 Å². The highest BCUT2D eigenvalue weighted by Crippen LogP contribution is 2.17. The van der Waals surface area contributed by atoms with Crippen molar-refractivity contribution in [2.45, 2.75) is 33.8 Å². The summed E-state index contributed by atoms with van der Waals surface area (Å²) in [7, 11) is 0. The Balaban J connectivity index is 1.98. The second-order valence-corrected chi connectivity index (χ2v) is 5.80. The van der Waals surface area contributed by atoms with Gasteiger partial charge in [-0.25, -0.2) is 5.43 Å². The first-order chi connectivity index (χ1) is 11.4. The summed E-state index contributed by atoms with van der Waals surface area (Å²) in [6, 6.07) is 13.1. The zero-order valence-corrected chi connectivity index (χ0v) is 14.5. The fourth-order valence-corrected chi connectivity index (χ4v) is 2.10. The molecule has 0 fully saturated rings. The third-order valence-electron chi connectivity index (χ3n) is 3.80. The number of aryl methyl sites for hydroxylation is 2. The largest absolute Gasteiger partial charge is 0.481 e. The molecule has 0 aliphatic carbocycles. The maximum absolute atomic E-state index is 12.1. The van der Waals surface area contributed by atoms with Crippen LogP contribution < -0.4 is 15.9 Å². The summed E-state index contributed by atoms with van der Waals surface area (Å²) in [5.41, 5.74) is 12.8. The minimum atomic E-state index is -0.649. The summed E-state index contributed by atoms with van der Waals surface area (Å²) < 4.78 is 5.67. The summed E-state index contributed by atoms with van der Waals surface area (Å²) in [6.07, 6.45) is -0.649. The highest BCUT2D eigenvalue weighted by atomic mass is 16.5. The van der Waals surface area contributed by atoms with Crippen molar-refractivity contribution in [3.63, 3.8) is 0 Å². The van der Waals surface area contributed by atoms with E-state index >= 15 is 0 Å². The summed E-state index contributed by atoms with van der Waals surface area (Å²) in [5, 5.41) is 4.11. The maximum Gasteiger partial charge on any atom is 0.280 e. The third kappa shape index (κ3) is 4.59. The van der Waals surface area contributed by atoms with Crippen molar-refractivity contribution >= 4 is 17.3 Å². The Hall–Kier alpha value is -2.82. The Labute approximate surface area is 142 Å². The van der Waals surface area contributed by atoms with Crippen LogP contribution in [0.5, 0.6) is 5.75 Å². The standard InChI is InChI=1S/C19H23N3O2/c1-12-8-9-18(10-13(12)2)24-15(4)19(23)22-21-14(3)16-6-5-7-17(20)11-16/h5-11,15H,20H2,1-4H3,(H,22,23)/b21-14+. The predicted molar refractivity (Wildman–Crippen MR) is 97.2 cm³/mol. The number of nitrogen functional groups attached to an aromatic ring is 1. The van der Waals surface area contributed by atoms with Gasteiger partial charge in [0.2, 0.25) is 0 Å². The summed E-state index contributed by atoms with van der Waals surface area (Å²) >= 11 is 0. The van der Waals surface area contributed by atoms with Crippen molar-refractivity contribution in [3.05, 3.63) is 59.2 Å². The van der Waals surface area contributed by atoms with Crippen molar-refractivity contribution in [2.75, 3.05) is 5.73 Å². The van der Waals surface area contributed by atoms with Crippen LogP contribution in [0, 0.1) is 13.8 Å². The molecule has 24 heavy (non-hydrogen) atoms. The number of hydrazone groups is 1. The molecule has 0 aromatic heterocycles. The van der Waals surface area contributed by atoms with E-state index in [4.69, 9.17) is 10.5 Å². The predicted octanol–water partition coefficient (Wildman–Crippen LogP) is 3.19. The minimum Gasteiger partial charge on any atom is -0.481 e. The molecule has 3 N–H and O–H groups in total. The lowest BCUT2D eigenvalue weighted by Gasteiger charge is -2.14. The number of benzene rings is 2. The van der Waals surface area contributed by atoms with Gasteiger partial charge >= 0.3 is 0 Å². The van der Waals surface area contributed by atoms with Crippen molar-refractivity contribution < 1.29 is 9.53 Å². The van der Waals surface area contributed by atoms with Crippen LogP contribution in [0.2, 0.25) is 0 Å². The van der Waals surface area contributed by atoms with Crippen molar-refractivity contribution in [1.82, 2.24) is 5.43 Å². The molecule has 2 aromatic carbocycles. The van der Waals surface area contributed by atoms with E-state index in [-0.39, 0.29) is 5.91 Å². The molecular formula is C19H23N3O2. The smallest absolute Gasteiger partial charge is 0.280 e. The van der Waals surface area contributed by atoms with E-state index in [0.717, 1.165) is 11.1 Å². The number of carbonyl (C=O) groups excluding carboxylic acids is 1. The second-order valence-electron chi connectivity index (χ2n) is 5.80. The van der Waals surface area contributed by atoms with Gasteiger partial charge in [0.05, 0.1) is 5.71 Å². The molecule has 0 saturated carbocycles. The molecule has 1 atom stereocenters. The first-order valence-electron chi connectivity index (χ1n) is 7.81. The average molecular weight is 325 g/mol. The van der Waals surface area contributed by atoms with Gasteiger partial charge in [-0.05, 0) is 68.7 Å². The Morgan fingerprint density at radius 2 is 1.92 bits per heavy atom. The number of hydrogen-bond acceptors (Lipinski definition) is 4. The van der Waals surface area contributed by atoms with Crippen LogP contribution in [-0.2, 0) is 4.79 Å². The zero-order valence-electron chi connectivity index (χ0n) is 14.5. The monoisotopic (exact) mass is 325 g/mol. The fourth-order valence-electron chi connectivity index (χ4n) is 2.10. The molecule has 0 radical (unpaired) electrons. The van der Waals surface area contributed by atoms with E-state index in [2.05, 4.69) is 10.5 Å². The number of ether oxygens (including phenoxy) is 1. The van der Waals surface area contributed by atoms with E-state index in [1.54, 1.807) is 19.1 Å². The number of carbonyl (C=O) groups is 1. The quantitative estimate of drug-likeness (QED) is 0.503. The molecule has 1 unspecified atom stereocenters. The number of amides is 1. The first kappa shape index (κ1) is 17.5. The average Bonchev–Trinajstić information content (AvgIpc) is 2.55. The van der Waals surface area contributed by atoms with Gasteiger partial charge in [-0.3, -0.25) is 4.79 Å². The first-order valence-corrected chi connectivity index (χ1v) is 7.81. The van der Waals surface area contributed by atoms with Crippen LogP contribution in [0.4, 0.5) is 5.69 Å². The highest BCUT2D eigenvalue weighted by Gasteiger charge is 2.14. The van der Waals surface area contributed by atoms with E-state index in [1.807, 2.05) is 51.1 Å².